The molecule has 2 atom stereocenters. The molecule has 0 aliphatic carbocycles. The number of fused-ring (bicyclic) bond motifs is 2. The fraction of sp³-hybridized carbons (Fsp3) is 0.476. The summed E-state index contributed by atoms with van der Waals surface area (Å²) in [6, 6.07) is 7.54. The summed E-state index contributed by atoms with van der Waals surface area (Å²) in [6.07, 6.45) is -2.28. The zero-order valence-electron chi connectivity index (χ0n) is 33.9. The van der Waals surface area contributed by atoms with Crippen LogP contribution in [-0.2, 0) is 57.8 Å². The van der Waals surface area contributed by atoms with Crippen molar-refractivity contribution in [3.05, 3.63) is 64.2 Å². The van der Waals surface area contributed by atoms with Crippen LogP contribution in [0.4, 0.5) is 15.3 Å². The maximum atomic E-state index is 13.5. The number of benzene rings is 2. The van der Waals surface area contributed by atoms with Crippen molar-refractivity contribution in [1.82, 2.24) is 19.6 Å². The second-order valence-corrected chi connectivity index (χ2v) is 17.0. The van der Waals surface area contributed by atoms with E-state index >= 15 is 0 Å². The Labute approximate surface area is 340 Å². The third kappa shape index (κ3) is 8.93. The van der Waals surface area contributed by atoms with E-state index in [4.69, 9.17) is 9.47 Å². The molecule has 17 nitrogen and oxygen atoms in total. The molecule has 312 valence electrons. The summed E-state index contributed by atoms with van der Waals surface area (Å²) in [6.45, 7) is 9.57. The standard InChI is InChI=1S/C42H47N5O12/c1-41(2,3)58-39(56)46-33(50)18-16-30(37(46)54)44-21-27-23(10-7-12-25(27)35(44)52)20-24(48)11-8-15-32(49)43-29-14-9-13-26-28(29)22-45(36(26)53)31-17-19-34(51)47(38(31)55)40(57)59-42(4,5)6/h7,9-10,12-14,30-31H,8,11,15-22H2,1-6H3,(H,43,49). The summed E-state index contributed by atoms with van der Waals surface area (Å²) in [4.78, 5) is 134. The second kappa shape index (κ2) is 16.2. The van der Waals surface area contributed by atoms with Crippen LogP contribution in [0.3, 0.4) is 0 Å². The van der Waals surface area contributed by atoms with E-state index in [1.54, 1.807) is 77.9 Å². The van der Waals surface area contributed by atoms with Gasteiger partial charge in [-0.3, -0.25) is 38.4 Å². The quantitative estimate of drug-likeness (QED) is 0.349. The molecule has 4 aliphatic heterocycles. The minimum Gasteiger partial charge on any atom is -0.443 e. The highest BCUT2D eigenvalue weighted by Gasteiger charge is 2.48. The molecule has 4 aliphatic rings. The van der Waals surface area contributed by atoms with E-state index in [0.717, 1.165) is 0 Å². The van der Waals surface area contributed by atoms with Crippen molar-refractivity contribution < 1.29 is 57.4 Å². The molecule has 2 aromatic rings. The number of carbonyl (C=O) groups is 10. The largest absolute Gasteiger partial charge is 0.443 e. The molecule has 2 unspecified atom stereocenters. The molecule has 17 heteroatoms. The first-order valence-corrected chi connectivity index (χ1v) is 19.5. The summed E-state index contributed by atoms with van der Waals surface area (Å²) in [5.74, 6) is -4.67. The van der Waals surface area contributed by atoms with Crippen molar-refractivity contribution in [1.29, 1.82) is 0 Å². The number of hydrogen-bond donors (Lipinski definition) is 1. The number of likely N-dealkylation sites (tertiary alicyclic amines) is 2. The van der Waals surface area contributed by atoms with Gasteiger partial charge >= 0.3 is 12.2 Å². The SMILES string of the molecule is CC(C)(C)OC(=O)N1C(=O)CCC(N2Cc3c(CC(=O)CCCC(=O)Nc4cccc5c4CN(C4CCC(=O)N(C(=O)OC(C)(C)C)C4=O)C5=O)cccc3C2=O)C1=O. The van der Waals surface area contributed by atoms with Gasteiger partial charge in [0.2, 0.25) is 17.7 Å². The van der Waals surface area contributed by atoms with Gasteiger partial charge in [0.1, 0.15) is 29.1 Å². The number of piperidine rings is 2. The number of ketones is 1. The van der Waals surface area contributed by atoms with Gasteiger partial charge in [0.15, 0.2) is 0 Å². The summed E-state index contributed by atoms with van der Waals surface area (Å²) < 4.78 is 10.5. The predicted octanol–water partition coefficient (Wildman–Crippen LogP) is 4.42. The van der Waals surface area contributed by atoms with Crippen molar-refractivity contribution in [3.63, 3.8) is 0 Å². The fourth-order valence-electron chi connectivity index (χ4n) is 7.63. The van der Waals surface area contributed by atoms with E-state index in [0.29, 0.717) is 37.7 Å². The van der Waals surface area contributed by atoms with E-state index in [-0.39, 0.29) is 75.8 Å². The zero-order valence-corrected chi connectivity index (χ0v) is 33.9. The molecule has 4 heterocycles. The predicted molar refractivity (Wildman–Crippen MR) is 206 cm³/mol. The Morgan fingerprint density at radius 1 is 0.661 bits per heavy atom. The average Bonchev–Trinajstić information content (AvgIpc) is 3.64. The Morgan fingerprint density at radius 2 is 1.14 bits per heavy atom. The molecule has 0 spiro atoms. The van der Waals surface area contributed by atoms with Crippen LogP contribution < -0.4 is 5.32 Å². The van der Waals surface area contributed by atoms with Gasteiger partial charge in [-0.15, -0.1) is 0 Å². The molecule has 9 amide bonds. The molecule has 59 heavy (non-hydrogen) atoms. The van der Waals surface area contributed by atoms with Gasteiger partial charge in [0.05, 0.1) is 0 Å². The van der Waals surface area contributed by atoms with Gasteiger partial charge in [0.25, 0.3) is 23.6 Å². The topological polar surface area (TPSA) is 214 Å². The van der Waals surface area contributed by atoms with Crippen LogP contribution in [0.25, 0.3) is 0 Å². The van der Waals surface area contributed by atoms with Gasteiger partial charge < -0.3 is 24.6 Å². The Bertz CT molecular complexity index is 2030. The van der Waals surface area contributed by atoms with Crippen LogP contribution in [0.2, 0.25) is 0 Å². The lowest BCUT2D eigenvalue weighted by molar-refractivity contribution is -0.152. The first-order valence-electron chi connectivity index (χ1n) is 19.5. The van der Waals surface area contributed by atoms with Crippen molar-refractivity contribution in [2.24, 2.45) is 0 Å². The monoisotopic (exact) mass is 813 g/mol. The Kier molecular flexibility index (Phi) is 11.6. The normalized spacial score (nSPS) is 19.6. The van der Waals surface area contributed by atoms with E-state index in [2.05, 4.69) is 5.32 Å². The molecule has 0 saturated carbocycles. The van der Waals surface area contributed by atoms with E-state index in [1.165, 1.54) is 9.80 Å². The van der Waals surface area contributed by atoms with Gasteiger partial charge in [-0.25, -0.2) is 9.59 Å². The molecule has 2 fully saturated rings. The average molecular weight is 814 g/mol. The lowest BCUT2D eigenvalue weighted by atomic mass is 9.97. The summed E-state index contributed by atoms with van der Waals surface area (Å²) in [5.41, 5.74) is 0.632. The van der Waals surface area contributed by atoms with Crippen molar-refractivity contribution in [2.45, 2.75) is 129 Å². The van der Waals surface area contributed by atoms with Crippen LogP contribution in [-0.4, -0.2) is 102 Å². The lowest BCUT2D eigenvalue weighted by Crippen LogP contribution is -2.57. The summed E-state index contributed by atoms with van der Waals surface area (Å²) in [7, 11) is 0. The number of carbonyl (C=O) groups excluding carboxylic acids is 10. The van der Waals surface area contributed by atoms with Gasteiger partial charge in [0, 0.05) is 67.6 Å². The third-order valence-corrected chi connectivity index (χ3v) is 10.3. The molecule has 0 bridgehead atoms. The molecule has 6 rings (SSSR count). The zero-order chi connectivity index (χ0) is 43.1. The number of nitrogens with zero attached hydrogens (tertiary/aromatic N) is 4. The number of nitrogens with one attached hydrogen (secondary N) is 1. The Hall–Kier alpha value is -6.26. The van der Waals surface area contributed by atoms with Gasteiger partial charge in [-0.2, -0.15) is 9.80 Å². The first kappa shape index (κ1) is 42.3. The smallest absolute Gasteiger partial charge is 0.424 e. The Balaban J connectivity index is 1.03. The summed E-state index contributed by atoms with van der Waals surface area (Å²) in [5, 5.41) is 2.81. The maximum absolute atomic E-state index is 13.5. The molecule has 0 radical (unpaired) electrons. The molecule has 1 N–H and O–H groups in total. The molecule has 2 saturated heterocycles. The van der Waals surface area contributed by atoms with Crippen LogP contribution in [0.5, 0.6) is 0 Å². The summed E-state index contributed by atoms with van der Waals surface area (Å²) >= 11 is 0. The molecule has 2 aromatic carbocycles. The number of ether oxygens (including phenoxy) is 2. The number of Topliss-reactive ketones (excluding diaryl/α,β-unsaturated/α-hetero) is 1. The minimum absolute atomic E-state index is 0.00311. The van der Waals surface area contributed by atoms with Crippen molar-refractivity contribution in [3.8, 4) is 0 Å². The molecular weight excluding hydrogens is 766 g/mol. The van der Waals surface area contributed by atoms with Crippen molar-refractivity contribution >= 4 is 65.0 Å². The second-order valence-electron chi connectivity index (χ2n) is 17.0. The maximum Gasteiger partial charge on any atom is 0.424 e. The highest BCUT2D eigenvalue weighted by atomic mass is 16.6. The number of imide groups is 6. The first-order chi connectivity index (χ1) is 27.6. The van der Waals surface area contributed by atoms with Crippen LogP contribution in [0, 0.1) is 0 Å². The number of amides is 9. The van der Waals surface area contributed by atoms with Crippen LogP contribution in [0.15, 0.2) is 36.4 Å². The highest BCUT2D eigenvalue weighted by Crippen LogP contribution is 2.35. The van der Waals surface area contributed by atoms with Crippen LogP contribution in [0.1, 0.15) is 124 Å². The number of anilines is 1. The van der Waals surface area contributed by atoms with Gasteiger partial charge in [-0.1, -0.05) is 18.2 Å². The van der Waals surface area contributed by atoms with Crippen molar-refractivity contribution in [2.75, 3.05) is 5.32 Å². The minimum atomic E-state index is -1.11. The van der Waals surface area contributed by atoms with E-state index in [9.17, 15) is 47.9 Å². The number of rotatable bonds is 9. The van der Waals surface area contributed by atoms with E-state index in [1.807, 2.05) is 0 Å². The fourth-order valence-corrected chi connectivity index (χ4v) is 7.63. The lowest BCUT2D eigenvalue weighted by Gasteiger charge is -2.35. The Morgan fingerprint density at radius 3 is 1.64 bits per heavy atom. The molecule has 0 aromatic heterocycles. The van der Waals surface area contributed by atoms with E-state index < -0.39 is 76.8 Å². The molecular formula is C42H47N5O12. The third-order valence-electron chi connectivity index (χ3n) is 10.3. The highest BCUT2D eigenvalue weighted by molar-refractivity contribution is 6.15. The van der Waals surface area contributed by atoms with Gasteiger partial charge in [-0.05, 0) is 90.1 Å². The number of hydrogen-bond acceptors (Lipinski definition) is 12. The van der Waals surface area contributed by atoms with Crippen LogP contribution >= 0.6 is 0 Å².